The van der Waals surface area contributed by atoms with Crippen LogP contribution in [0, 0.1) is 0 Å². The van der Waals surface area contributed by atoms with E-state index in [0.717, 1.165) is 53.8 Å². The highest BCUT2D eigenvalue weighted by molar-refractivity contribution is 7.22. The Hall–Kier alpha value is -3.00. The number of hydrogen-bond acceptors (Lipinski definition) is 6. The lowest BCUT2D eigenvalue weighted by Crippen LogP contribution is -2.43. The summed E-state index contributed by atoms with van der Waals surface area (Å²) in [6.07, 6.45) is 0. The van der Waals surface area contributed by atoms with Crippen molar-refractivity contribution in [2.24, 2.45) is 0 Å². The number of para-hydroxylation sites is 1. The largest absolute Gasteiger partial charge is 0.496 e. The fourth-order valence-electron chi connectivity index (χ4n) is 4.03. The lowest BCUT2D eigenvalue weighted by Gasteiger charge is -2.29. The van der Waals surface area contributed by atoms with E-state index in [2.05, 4.69) is 4.90 Å². The van der Waals surface area contributed by atoms with E-state index in [1.165, 1.54) is 0 Å². The summed E-state index contributed by atoms with van der Waals surface area (Å²) >= 11 is 1.54. The van der Waals surface area contributed by atoms with E-state index in [1.54, 1.807) is 23.3 Å². The van der Waals surface area contributed by atoms with Gasteiger partial charge in [0.05, 0.1) is 36.1 Å². The van der Waals surface area contributed by atoms with E-state index in [-0.39, 0.29) is 5.91 Å². The molecule has 32 heavy (non-hydrogen) atoms. The Labute approximate surface area is 191 Å². The fraction of sp³-hybridized carbons (Fsp3) is 0.280. The lowest BCUT2D eigenvalue weighted by atomic mass is 10.0. The van der Waals surface area contributed by atoms with Gasteiger partial charge < -0.3 is 9.47 Å². The number of thiazole rings is 1. The first-order valence-corrected chi connectivity index (χ1v) is 11.6. The Morgan fingerprint density at radius 1 is 1.09 bits per heavy atom. The molecule has 0 radical (unpaired) electrons. The van der Waals surface area contributed by atoms with Crippen LogP contribution in [-0.2, 0) is 4.74 Å². The minimum atomic E-state index is -0.0973. The Morgan fingerprint density at radius 2 is 1.81 bits per heavy atom. The van der Waals surface area contributed by atoms with Gasteiger partial charge in [0, 0.05) is 26.2 Å². The maximum atomic E-state index is 13.9. The van der Waals surface area contributed by atoms with Crippen LogP contribution in [0.4, 0.5) is 5.13 Å². The second-order valence-electron chi connectivity index (χ2n) is 7.77. The summed E-state index contributed by atoms with van der Waals surface area (Å²) < 4.78 is 12.2. The molecule has 0 saturated carbocycles. The van der Waals surface area contributed by atoms with Crippen molar-refractivity contribution >= 4 is 43.4 Å². The Kier molecular flexibility index (Phi) is 6.03. The molecule has 1 aliphatic heterocycles. The van der Waals surface area contributed by atoms with E-state index >= 15 is 0 Å². The monoisotopic (exact) mass is 447 g/mol. The Morgan fingerprint density at radius 3 is 2.56 bits per heavy atom. The van der Waals surface area contributed by atoms with Gasteiger partial charge in [-0.15, -0.1) is 0 Å². The summed E-state index contributed by atoms with van der Waals surface area (Å²) in [5.74, 6) is 0.478. The third-order valence-electron chi connectivity index (χ3n) is 5.80. The van der Waals surface area contributed by atoms with Gasteiger partial charge in [0.2, 0.25) is 0 Å². The zero-order valence-electron chi connectivity index (χ0n) is 18.0. The summed E-state index contributed by atoms with van der Waals surface area (Å²) in [6, 6.07) is 19.8. The van der Waals surface area contributed by atoms with Crippen LogP contribution >= 0.6 is 11.3 Å². The molecule has 3 aromatic carbocycles. The summed E-state index contributed by atoms with van der Waals surface area (Å²) in [6.45, 7) is 4.53. The van der Waals surface area contributed by atoms with Crippen LogP contribution in [0.5, 0.6) is 5.75 Å². The molecule has 0 spiro atoms. The minimum Gasteiger partial charge on any atom is -0.496 e. The van der Waals surface area contributed by atoms with Crippen LogP contribution in [-0.4, -0.2) is 62.3 Å². The highest BCUT2D eigenvalue weighted by atomic mass is 32.1. The predicted molar refractivity (Wildman–Crippen MR) is 129 cm³/mol. The van der Waals surface area contributed by atoms with Gasteiger partial charge in [-0.25, -0.2) is 4.98 Å². The molecule has 6 nitrogen and oxygen atoms in total. The first kappa shape index (κ1) is 20.9. The van der Waals surface area contributed by atoms with Crippen LogP contribution in [0.3, 0.4) is 0 Å². The second kappa shape index (κ2) is 9.24. The van der Waals surface area contributed by atoms with E-state index in [9.17, 15) is 4.79 Å². The van der Waals surface area contributed by atoms with Gasteiger partial charge in [-0.2, -0.15) is 0 Å². The minimum absolute atomic E-state index is 0.0973. The summed E-state index contributed by atoms with van der Waals surface area (Å²) in [5, 5.41) is 2.76. The van der Waals surface area contributed by atoms with E-state index in [1.807, 2.05) is 60.7 Å². The normalized spacial score (nSPS) is 14.7. The SMILES string of the molecule is COc1cc2ccccc2cc1C(=O)N(CCN1CCOCC1)c1nc2ccccc2s1. The second-order valence-corrected chi connectivity index (χ2v) is 8.78. The number of ether oxygens (including phenoxy) is 2. The third-order valence-corrected chi connectivity index (χ3v) is 6.86. The molecule has 7 heteroatoms. The molecule has 0 aliphatic carbocycles. The number of benzene rings is 3. The van der Waals surface area contributed by atoms with Crippen LogP contribution in [0.25, 0.3) is 21.0 Å². The highest BCUT2D eigenvalue weighted by Gasteiger charge is 2.25. The third kappa shape index (κ3) is 4.19. The van der Waals surface area contributed by atoms with Gasteiger partial charge in [-0.1, -0.05) is 47.7 Å². The summed E-state index contributed by atoms with van der Waals surface area (Å²) in [5.41, 5.74) is 1.45. The number of methoxy groups -OCH3 is 1. The highest BCUT2D eigenvalue weighted by Crippen LogP contribution is 2.32. The molecule has 1 aromatic heterocycles. The fourth-order valence-corrected chi connectivity index (χ4v) is 5.02. The molecule has 0 bridgehead atoms. The van der Waals surface area contributed by atoms with Crippen molar-refractivity contribution in [2.45, 2.75) is 0 Å². The Bertz CT molecular complexity index is 1220. The molecule has 4 aromatic rings. The molecule has 1 aliphatic rings. The number of nitrogens with zero attached hydrogens (tertiary/aromatic N) is 3. The van der Waals surface area contributed by atoms with Crippen molar-refractivity contribution in [1.29, 1.82) is 0 Å². The molecule has 1 amide bonds. The predicted octanol–water partition coefficient (Wildman–Crippen LogP) is 4.44. The van der Waals surface area contributed by atoms with Gasteiger partial charge in [0.25, 0.3) is 5.91 Å². The smallest absolute Gasteiger partial charge is 0.263 e. The molecule has 2 heterocycles. The molecular weight excluding hydrogens is 422 g/mol. The number of amides is 1. The number of anilines is 1. The summed E-state index contributed by atoms with van der Waals surface area (Å²) in [4.78, 5) is 22.8. The van der Waals surface area contributed by atoms with Crippen LogP contribution < -0.4 is 9.64 Å². The number of hydrogen-bond donors (Lipinski definition) is 0. The number of aromatic nitrogens is 1. The topological polar surface area (TPSA) is 54.9 Å². The van der Waals surface area contributed by atoms with Crippen LogP contribution in [0.15, 0.2) is 60.7 Å². The number of carbonyl (C=O) groups is 1. The zero-order valence-corrected chi connectivity index (χ0v) is 18.8. The average molecular weight is 448 g/mol. The maximum Gasteiger partial charge on any atom is 0.263 e. The van der Waals surface area contributed by atoms with Crippen molar-refractivity contribution in [3.8, 4) is 5.75 Å². The molecule has 1 saturated heterocycles. The number of carbonyl (C=O) groups excluding carboxylic acids is 1. The zero-order chi connectivity index (χ0) is 21.9. The molecule has 0 atom stereocenters. The van der Waals surface area contributed by atoms with Crippen LogP contribution in [0.2, 0.25) is 0 Å². The maximum absolute atomic E-state index is 13.9. The summed E-state index contributed by atoms with van der Waals surface area (Å²) in [7, 11) is 1.61. The quantitative estimate of drug-likeness (QED) is 0.438. The molecule has 5 rings (SSSR count). The van der Waals surface area contributed by atoms with Gasteiger partial charge in [0.15, 0.2) is 5.13 Å². The van der Waals surface area contributed by atoms with Crippen molar-refractivity contribution in [2.75, 3.05) is 51.4 Å². The molecular formula is C25H25N3O3S. The van der Waals surface area contributed by atoms with Crippen molar-refractivity contribution < 1.29 is 14.3 Å². The van der Waals surface area contributed by atoms with Crippen molar-refractivity contribution in [3.63, 3.8) is 0 Å². The first-order valence-electron chi connectivity index (χ1n) is 10.8. The van der Waals surface area contributed by atoms with E-state index < -0.39 is 0 Å². The van der Waals surface area contributed by atoms with E-state index in [4.69, 9.17) is 14.5 Å². The molecule has 1 fully saturated rings. The molecule has 0 unspecified atom stereocenters. The van der Waals surface area contributed by atoms with Gasteiger partial charge in [-0.3, -0.25) is 14.6 Å². The van der Waals surface area contributed by atoms with Crippen molar-refractivity contribution in [1.82, 2.24) is 9.88 Å². The van der Waals surface area contributed by atoms with Gasteiger partial charge >= 0.3 is 0 Å². The first-order chi connectivity index (χ1) is 15.7. The average Bonchev–Trinajstić information content (AvgIpc) is 3.27. The Balaban J connectivity index is 1.52. The van der Waals surface area contributed by atoms with E-state index in [0.29, 0.717) is 23.0 Å². The van der Waals surface area contributed by atoms with Gasteiger partial charge in [0.1, 0.15) is 5.75 Å². The van der Waals surface area contributed by atoms with Crippen molar-refractivity contribution in [3.05, 3.63) is 66.2 Å². The van der Waals surface area contributed by atoms with Crippen LogP contribution in [0.1, 0.15) is 10.4 Å². The van der Waals surface area contributed by atoms with Gasteiger partial charge in [-0.05, 0) is 35.0 Å². The number of morpholine rings is 1. The number of rotatable bonds is 6. The number of fused-ring (bicyclic) bond motifs is 2. The molecule has 0 N–H and O–H groups in total. The standard InChI is InChI=1S/C25H25N3O3S/c1-30-22-17-19-7-3-2-6-18(19)16-20(22)24(29)28(11-10-27-12-14-31-15-13-27)25-26-21-8-4-5-9-23(21)32-25/h2-9,16-17H,10-15H2,1H3. The lowest BCUT2D eigenvalue weighted by molar-refractivity contribution is 0.0391. The molecule has 164 valence electrons.